The van der Waals surface area contributed by atoms with Crippen molar-refractivity contribution in [1.82, 2.24) is 9.97 Å². The number of aromatic nitrogens is 2. The van der Waals surface area contributed by atoms with Crippen molar-refractivity contribution in [2.75, 3.05) is 6.61 Å². The van der Waals surface area contributed by atoms with Crippen molar-refractivity contribution in [3.05, 3.63) is 18.2 Å². The van der Waals surface area contributed by atoms with Crippen LogP contribution in [-0.2, 0) is 0 Å². The molecule has 1 aromatic heterocycles. The predicted octanol–water partition coefficient (Wildman–Crippen LogP) is 8.34. The zero-order valence-corrected chi connectivity index (χ0v) is 20.9. The van der Waals surface area contributed by atoms with Gasteiger partial charge in [0.1, 0.15) is 5.82 Å². The molecule has 1 aromatic rings. The van der Waals surface area contributed by atoms with E-state index < -0.39 is 0 Å². The van der Waals surface area contributed by atoms with Gasteiger partial charge in [-0.1, -0.05) is 45.4 Å². The molecular formula is C29H48N2O. The van der Waals surface area contributed by atoms with Crippen LogP contribution in [0.4, 0.5) is 0 Å². The lowest BCUT2D eigenvalue weighted by molar-refractivity contribution is 0.108. The van der Waals surface area contributed by atoms with Crippen molar-refractivity contribution in [3.63, 3.8) is 0 Å². The number of rotatable bonds is 9. The molecule has 0 N–H and O–H groups in total. The van der Waals surface area contributed by atoms with E-state index >= 15 is 0 Å². The number of ether oxygens (including phenoxy) is 1. The Hall–Kier alpha value is -1.12. The molecule has 3 nitrogen and oxygen atoms in total. The highest BCUT2D eigenvalue weighted by Crippen LogP contribution is 2.47. The van der Waals surface area contributed by atoms with E-state index in [1.54, 1.807) is 12.8 Å². The van der Waals surface area contributed by atoms with Gasteiger partial charge in [-0.25, -0.2) is 9.97 Å². The molecule has 0 radical (unpaired) electrons. The largest absolute Gasteiger partial charge is 0.491 e. The Bertz CT molecular complexity index is 636. The van der Waals surface area contributed by atoms with Gasteiger partial charge in [0.2, 0.25) is 0 Å². The third kappa shape index (κ3) is 6.48. The Kier molecular flexibility index (Phi) is 9.29. The summed E-state index contributed by atoms with van der Waals surface area (Å²) in [5.41, 5.74) is 0. The van der Waals surface area contributed by atoms with Crippen LogP contribution < -0.4 is 4.74 Å². The molecule has 0 aromatic carbocycles. The van der Waals surface area contributed by atoms with Gasteiger partial charge < -0.3 is 4.74 Å². The van der Waals surface area contributed by atoms with Crippen molar-refractivity contribution in [2.24, 2.45) is 29.6 Å². The Morgan fingerprint density at radius 2 is 1.19 bits per heavy atom. The molecule has 32 heavy (non-hydrogen) atoms. The molecule has 3 aliphatic rings. The molecule has 0 atom stereocenters. The number of hydrogen-bond acceptors (Lipinski definition) is 3. The first-order valence-electron chi connectivity index (χ1n) is 14.2. The lowest BCUT2D eigenvalue weighted by Crippen LogP contribution is -2.29. The average Bonchev–Trinajstić information content (AvgIpc) is 2.86. The van der Waals surface area contributed by atoms with Gasteiger partial charge in [-0.05, 0) is 101 Å². The molecule has 180 valence electrons. The highest BCUT2D eigenvalue weighted by atomic mass is 16.5. The maximum absolute atomic E-state index is 5.50. The molecule has 0 amide bonds. The van der Waals surface area contributed by atoms with E-state index in [1.807, 2.05) is 19.3 Å². The van der Waals surface area contributed by atoms with E-state index in [-0.39, 0.29) is 0 Å². The summed E-state index contributed by atoms with van der Waals surface area (Å²) in [7, 11) is 0. The number of unbranched alkanes of at least 4 members (excludes halogenated alkanes) is 2. The van der Waals surface area contributed by atoms with Crippen LogP contribution in [0.15, 0.2) is 12.4 Å². The van der Waals surface area contributed by atoms with Gasteiger partial charge in [-0.3, -0.25) is 0 Å². The van der Waals surface area contributed by atoms with E-state index in [9.17, 15) is 0 Å². The Balaban J connectivity index is 1.15. The van der Waals surface area contributed by atoms with Crippen molar-refractivity contribution in [3.8, 4) is 5.75 Å². The minimum Gasteiger partial charge on any atom is -0.491 e. The third-order valence-electron chi connectivity index (χ3n) is 9.35. The Labute approximate surface area is 197 Å². The lowest BCUT2D eigenvalue weighted by Gasteiger charge is -2.41. The fourth-order valence-corrected chi connectivity index (χ4v) is 7.35. The fraction of sp³-hybridized carbons (Fsp3) is 0.862. The van der Waals surface area contributed by atoms with Crippen LogP contribution in [0.1, 0.15) is 128 Å². The second kappa shape index (κ2) is 12.4. The van der Waals surface area contributed by atoms with Gasteiger partial charge in [-0.15, -0.1) is 0 Å². The molecule has 4 rings (SSSR count). The maximum Gasteiger partial charge on any atom is 0.155 e. The summed E-state index contributed by atoms with van der Waals surface area (Å²) >= 11 is 0. The molecule has 3 saturated carbocycles. The Morgan fingerprint density at radius 3 is 1.69 bits per heavy atom. The summed E-state index contributed by atoms with van der Waals surface area (Å²) in [6, 6.07) is 0. The van der Waals surface area contributed by atoms with Crippen LogP contribution in [0.2, 0.25) is 0 Å². The molecule has 1 heterocycles. The quantitative estimate of drug-likeness (QED) is 0.362. The van der Waals surface area contributed by atoms with Gasteiger partial charge in [-0.2, -0.15) is 0 Å². The minimum absolute atomic E-state index is 0.561. The van der Waals surface area contributed by atoms with E-state index in [0.29, 0.717) is 12.5 Å². The van der Waals surface area contributed by atoms with E-state index in [4.69, 9.17) is 4.74 Å². The molecule has 0 bridgehead atoms. The van der Waals surface area contributed by atoms with Crippen LogP contribution in [-0.4, -0.2) is 16.6 Å². The van der Waals surface area contributed by atoms with E-state index in [2.05, 4.69) is 16.9 Å². The van der Waals surface area contributed by atoms with Gasteiger partial charge in [0.25, 0.3) is 0 Å². The lowest BCUT2D eigenvalue weighted by atomic mass is 9.65. The first-order chi connectivity index (χ1) is 15.8. The average molecular weight is 441 g/mol. The molecule has 3 fully saturated rings. The topological polar surface area (TPSA) is 35.0 Å². The highest BCUT2D eigenvalue weighted by molar-refractivity contribution is 5.14. The number of nitrogens with zero attached hydrogens (tertiary/aromatic N) is 2. The zero-order valence-electron chi connectivity index (χ0n) is 20.9. The molecule has 3 aliphatic carbocycles. The summed E-state index contributed by atoms with van der Waals surface area (Å²) in [4.78, 5) is 9.22. The predicted molar refractivity (Wildman–Crippen MR) is 133 cm³/mol. The summed E-state index contributed by atoms with van der Waals surface area (Å²) < 4.78 is 5.50. The first-order valence-corrected chi connectivity index (χ1v) is 14.2. The molecule has 0 saturated heterocycles. The van der Waals surface area contributed by atoms with Crippen LogP contribution in [0.25, 0.3) is 0 Å². The maximum atomic E-state index is 5.50. The summed E-state index contributed by atoms with van der Waals surface area (Å²) in [5.74, 6) is 7.53. The van der Waals surface area contributed by atoms with E-state index in [0.717, 1.165) is 41.2 Å². The third-order valence-corrected chi connectivity index (χ3v) is 9.35. The van der Waals surface area contributed by atoms with Crippen molar-refractivity contribution in [1.29, 1.82) is 0 Å². The zero-order chi connectivity index (χ0) is 22.2. The van der Waals surface area contributed by atoms with Crippen molar-refractivity contribution < 1.29 is 4.74 Å². The highest BCUT2D eigenvalue weighted by Gasteiger charge is 2.35. The SMILES string of the molecule is CCCCCC1CCC(C2CCC(C3CCC(c4ncc(OCC)cn4)CC3)CC2)CC1. The first kappa shape index (κ1) is 24.0. The van der Waals surface area contributed by atoms with Gasteiger partial charge in [0, 0.05) is 5.92 Å². The van der Waals surface area contributed by atoms with Crippen LogP contribution in [0, 0.1) is 29.6 Å². The minimum atomic E-state index is 0.561. The van der Waals surface area contributed by atoms with Crippen molar-refractivity contribution in [2.45, 2.75) is 122 Å². The summed E-state index contributed by atoms with van der Waals surface area (Å²) in [6.45, 7) is 5.01. The molecule has 0 spiro atoms. The molecule has 0 aliphatic heterocycles. The van der Waals surface area contributed by atoms with Crippen molar-refractivity contribution >= 4 is 0 Å². The van der Waals surface area contributed by atoms with Crippen LogP contribution >= 0.6 is 0 Å². The molecular weight excluding hydrogens is 392 g/mol. The number of hydrogen-bond donors (Lipinski definition) is 0. The standard InChI is InChI=1S/C29H48N2O/c1-3-5-6-7-22-8-10-23(11-9-22)24-12-14-25(15-13-24)26-16-18-27(19-17-26)29-30-20-28(21-31-29)32-4-2/h20-27H,3-19H2,1-2H3. The summed E-state index contributed by atoms with van der Waals surface area (Å²) in [5, 5.41) is 0. The molecule has 3 heteroatoms. The Morgan fingerprint density at radius 1 is 0.688 bits per heavy atom. The summed E-state index contributed by atoms with van der Waals surface area (Å²) in [6.07, 6.45) is 27.1. The smallest absolute Gasteiger partial charge is 0.155 e. The fourth-order valence-electron chi connectivity index (χ4n) is 7.35. The normalized spacial score (nSPS) is 33.7. The monoisotopic (exact) mass is 440 g/mol. The van der Waals surface area contributed by atoms with E-state index in [1.165, 1.54) is 89.9 Å². The van der Waals surface area contributed by atoms with Gasteiger partial charge in [0.15, 0.2) is 5.75 Å². The van der Waals surface area contributed by atoms with Gasteiger partial charge >= 0.3 is 0 Å². The van der Waals surface area contributed by atoms with Gasteiger partial charge in [0.05, 0.1) is 19.0 Å². The second-order valence-corrected chi connectivity index (χ2v) is 11.3. The van der Waals surface area contributed by atoms with Crippen LogP contribution in [0.3, 0.4) is 0 Å². The van der Waals surface area contributed by atoms with Crippen LogP contribution in [0.5, 0.6) is 5.75 Å². The second-order valence-electron chi connectivity index (χ2n) is 11.3. The molecule has 0 unspecified atom stereocenters.